The number of allylic oxidation sites excluding steroid dienone is 3. The van der Waals surface area contributed by atoms with Crippen molar-refractivity contribution in [3.8, 4) is 11.5 Å². The third-order valence-corrected chi connectivity index (χ3v) is 8.71. The van der Waals surface area contributed by atoms with Crippen LogP contribution in [-0.4, -0.2) is 11.7 Å². The lowest BCUT2D eigenvalue weighted by Crippen LogP contribution is -2.20. The van der Waals surface area contributed by atoms with Crippen LogP contribution in [0.15, 0.2) is 60.2 Å². The van der Waals surface area contributed by atoms with Crippen LogP contribution in [-0.2, 0) is 20.0 Å². The Morgan fingerprint density at radius 2 is 2.05 bits per heavy atom. The van der Waals surface area contributed by atoms with Crippen LogP contribution in [0.5, 0.6) is 11.5 Å². The van der Waals surface area contributed by atoms with E-state index in [1.807, 2.05) is 13.0 Å². The summed E-state index contributed by atoms with van der Waals surface area (Å²) in [4.78, 5) is 0. The molecule has 2 aromatic carbocycles. The predicted molar refractivity (Wildman–Crippen MR) is 144 cm³/mol. The van der Waals surface area contributed by atoms with E-state index in [-0.39, 0.29) is 30.0 Å². The number of hydrogen-bond donors (Lipinski definition) is 1. The molecule has 2 aromatic rings. The van der Waals surface area contributed by atoms with Gasteiger partial charge in [-0.2, -0.15) is 0 Å². The Balaban J connectivity index is 1.72. The molecule has 2 aliphatic rings. The fraction of sp³-hybridized carbons (Fsp3) is 0.467. The number of phenolic OH excluding ortho intramolecular Hbond substituents is 1. The fourth-order valence-electron chi connectivity index (χ4n) is 5.32. The summed E-state index contributed by atoms with van der Waals surface area (Å²) in [5.74, 6) is -0.0487. The fourth-order valence-corrected chi connectivity index (χ4v) is 6.74. The summed E-state index contributed by atoms with van der Waals surface area (Å²) >= 11 is 0. The van der Waals surface area contributed by atoms with E-state index in [1.54, 1.807) is 18.2 Å². The van der Waals surface area contributed by atoms with Crippen molar-refractivity contribution >= 4 is 7.82 Å². The first-order valence-corrected chi connectivity index (χ1v) is 14.7. The molecule has 4 unspecified atom stereocenters. The topological polar surface area (TPSA) is 65.0 Å². The smallest absolute Gasteiger partial charge is 0.507 e. The Bertz CT molecular complexity index is 1210. The largest absolute Gasteiger partial charge is 0.530 e. The van der Waals surface area contributed by atoms with Crippen LogP contribution in [0.25, 0.3) is 0 Å². The van der Waals surface area contributed by atoms with E-state index < -0.39 is 13.9 Å². The zero-order valence-electron chi connectivity index (χ0n) is 22.0. The molecular formula is C30H38FO5P. The first-order chi connectivity index (χ1) is 17.7. The molecule has 7 heteroatoms. The Morgan fingerprint density at radius 3 is 2.78 bits per heavy atom. The molecule has 1 heterocycles. The van der Waals surface area contributed by atoms with E-state index in [9.17, 15) is 14.1 Å². The lowest BCUT2D eigenvalue weighted by atomic mass is 9.73. The van der Waals surface area contributed by atoms with Crippen molar-refractivity contribution in [1.29, 1.82) is 0 Å². The normalized spacial score (nSPS) is 25.9. The zero-order chi connectivity index (χ0) is 26.6. The van der Waals surface area contributed by atoms with Crippen LogP contribution in [0.4, 0.5) is 4.39 Å². The highest BCUT2D eigenvalue weighted by atomic mass is 31.2. The number of halogens is 1. The van der Waals surface area contributed by atoms with Crippen molar-refractivity contribution in [3.05, 3.63) is 82.7 Å². The number of hydrogen-bond acceptors (Lipinski definition) is 5. The van der Waals surface area contributed by atoms with Crippen molar-refractivity contribution in [3.63, 3.8) is 0 Å². The van der Waals surface area contributed by atoms with Gasteiger partial charge in [0.1, 0.15) is 17.3 Å². The van der Waals surface area contributed by atoms with E-state index >= 15 is 0 Å². The van der Waals surface area contributed by atoms with Gasteiger partial charge < -0.3 is 9.63 Å². The summed E-state index contributed by atoms with van der Waals surface area (Å²) in [5.41, 5.74) is 4.30. The molecular weight excluding hydrogens is 490 g/mol. The lowest BCUT2D eigenvalue weighted by Gasteiger charge is -2.34. The molecule has 0 amide bonds. The molecule has 0 radical (unpaired) electrons. The third-order valence-electron chi connectivity index (χ3n) is 7.28. The quantitative estimate of drug-likeness (QED) is 0.200. The number of phenols is 1. The molecule has 37 heavy (non-hydrogen) atoms. The van der Waals surface area contributed by atoms with Gasteiger partial charge in [0.05, 0.1) is 12.7 Å². The first-order valence-electron chi connectivity index (χ1n) is 13.3. The minimum Gasteiger partial charge on any atom is -0.507 e. The predicted octanol–water partition coefficient (Wildman–Crippen LogP) is 8.95. The molecule has 0 aromatic heterocycles. The van der Waals surface area contributed by atoms with E-state index in [0.717, 1.165) is 49.7 Å². The lowest BCUT2D eigenvalue weighted by molar-refractivity contribution is 0.0505. The summed E-state index contributed by atoms with van der Waals surface area (Å²) < 4.78 is 45.2. The summed E-state index contributed by atoms with van der Waals surface area (Å²) in [6.07, 6.45) is 7.70. The molecule has 5 nitrogen and oxygen atoms in total. The van der Waals surface area contributed by atoms with Crippen molar-refractivity contribution in [2.45, 2.75) is 77.7 Å². The monoisotopic (exact) mass is 528 g/mol. The minimum absolute atomic E-state index is 0.108. The van der Waals surface area contributed by atoms with Crippen LogP contribution < -0.4 is 4.52 Å². The van der Waals surface area contributed by atoms with Gasteiger partial charge in [0.2, 0.25) is 0 Å². The van der Waals surface area contributed by atoms with E-state index in [2.05, 4.69) is 26.5 Å². The number of phosphoric ester groups is 1. The maximum atomic E-state index is 13.8. The van der Waals surface area contributed by atoms with Crippen molar-refractivity contribution in [2.75, 3.05) is 6.61 Å². The molecule has 1 aliphatic carbocycles. The average molecular weight is 529 g/mol. The highest BCUT2D eigenvalue weighted by Gasteiger charge is 2.40. The summed E-state index contributed by atoms with van der Waals surface area (Å²) in [5, 5.41) is 11.3. The first kappa shape index (κ1) is 27.6. The van der Waals surface area contributed by atoms with Crippen LogP contribution in [0.3, 0.4) is 0 Å². The van der Waals surface area contributed by atoms with E-state index in [0.29, 0.717) is 23.3 Å². The Kier molecular flexibility index (Phi) is 8.94. The Labute approximate surface area is 220 Å². The average Bonchev–Trinajstić information content (AvgIpc) is 2.83. The summed E-state index contributed by atoms with van der Waals surface area (Å²) in [7, 11) is -4.06. The Morgan fingerprint density at radius 1 is 1.24 bits per heavy atom. The molecule has 1 N–H and O–H groups in total. The molecule has 1 aliphatic heterocycles. The maximum Gasteiger partial charge on any atom is 0.530 e. The molecule has 0 bridgehead atoms. The minimum atomic E-state index is -4.06. The summed E-state index contributed by atoms with van der Waals surface area (Å²) in [6.45, 7) is 10.6. The number of unbranched alkanes of at least 4 members (excludes halogenated alkanes) is 2. The third kappa shape index (κ3) is 6.73. The van der Waals surface area contributed by atoms with Gasteiger partial charge in [-0.15, -0.1) is 0 Å². The second-order valence-electron chi connectivity index (χ2n) is 10.3. The van der Waals surface area contributed by atoms with Crippen LogP contribution >= 0.6 is 7.82 Å². The summed E-state index contributed by atoms with van der Waals surface area (Å²) in [6, 6.07) is 9.72. The zero-order valence-corrected chi connectivity index (χ0v) is 22.9. The molecule has 1 saturated heterocycles. The van der Waals surface area contributed by atoms with Gasteiger partial charge in [-0.3, -0.25) is 9.05 Å². The van der Waals surface area contributed by atoms with Gasteiger partial charge in [-0.1, -0.05) is 55.7 Å². The molecule has 200 valence electrons. The number of aromatic hydroxyl groups is 1. The number of aryl methyl sites for hydroxylation is 1. The van der Waals surface area contributed by atoms with Gasteiger partial charge in [-0.05, 0) is 80.8 Å². The van der Waals surface area contributed by atoms with Gasteiger partial charge in [0.15, 0.2) is 0 Å². The molecule has 1 fully saturated rings. The van der Waals surface area contributed by atoms with Gasteiger partial charge >= 0.3 is 7.82 Å². The van der Waals surface area contributed by atoms with E-state index in [1.165, 1.54) is 17.7 Å². The van der Waals surface area contributed by atoms with Crippen molar-refractivity contribution in [1.82, 2.24) is 0 Å². The molecule has 4 atom stereocenters. The van der Waals surface area contributed by atoms with Gasteiger partial charge in [0.25, 0.3) is 0 Å². The molecule has 0 spiro atoms. The highest BCUT2D eigenvalue weighted by molar-refractivity contribution is 7.49. The van der Waals surface area contributed by atoms with Crippen LogP contribution in [0.1, 0.15) is 88.0 Å². The van der Waals surface area contributed by atoms with E-state index in [4.69, 9.17) is 13.6 Å². The van der Waals surface area contributed by atoms with Crippen LogP contribution in [0.2, 0.25) is 0 Å². The highest BCUT2D eigenvalue weighted by Crippen LogP contribution is 2.59. The van der Waals surface area contributed by atoms with Gasteiger partial charge in [-0.25, -0.2) is 8.96 Å². The number of rotatable bonds is 9. The number of phosphoric acid groups is 1. The molecule has 0 saturated carbocycles. The Hall–Kier alpha value is -2.40. The standard InChI is InChI=1S/C30H38FO5P/c1-5-6-7-9-22-17-27(32)30(26-16-21(4)12-13-25(26)20(2)3)29(18-22)36-37(33)34-15-14-28(35-37)23-10-8-11-24(31)19-23/h8,10-11,16-19,25-26,28,32H,2,5-7,9,12-15H2,1,3-4H3. The second-order valence-corrected chi connectivity index (χ2v) is 11.9. The number of benzene rings is 2. The van der Waals surface area contributed by atoms with Crippen LogP contribution in [0, 0.1) is 11.7 Å². The molecule has 4 rings (SSSR count). The second kappa shape index (κ2) is 12.0. The van der Waals surface area contributed by atoms with Gasteiger partial charge in [0, 0.05) is 17.9 Å². The SMILES string of the molecule is C=C(C)C1CCC(C)=CC1c1c(O)cc(CCCCC)cc1OP1(=O)OCCC(c2cccc(F)c2)O1. The maximum absolute atomic E-state index is 13.8. The van der Waals surface area contributed by atoms with Crippen molar-refractivity contribution in [2.24, 2.45) is 5.92 Å². The van der Waals surface area contributed by atoms with Crippen molar-refractivity contribution < 1.29 is 27.6 Å².